The van der Waals surface area contributed by atoms with E-state index >= 15 is 0 Å². The molecule has 14 nitrogen and oxygen atoms in total. The predicted molar refractivity (Wildman–Crippen MR) is 157 cm³/mol. The van der Waals surface area contributed by atoms with Gasteiger partial charge in [0.1, 0.15) is 11.4 Å². The van der Waals surface area contributed by atoms with Crippen molar-refractivity contribution in [1.82, 2.24) is 31.2 Å². The fraction of sp³-hybridized carbons (Fsp3) is 0.433. The van der Waals surface area contributed by atoms with Gasteiger partial charge in [-0.2, -0.15) is 10.3 Å². The molecule has 2 aromatic rings. The molecule has 4 aliphatic rings. The van der Waals surface area contributed by atoms with Gasteiger partial charge in [-0.1, -0.05) is 38.1 Å². The number of nitrogens with zero attached hydrogens (tertiary/aromatic N) is 3. The first-order chi connectivity index (χ1) is 20.8. The largest absolute Gasteiger partial charge is 0.492 e. The highest BCUT2D eigenvalue weighted by Gasteiger charge is 2.75. The van der Waals surface area contributed by atoms with Gasteiger partial charge in [0.25, 0.3) is 11.8 Å². The Labute approximate surface area is 253 Å². The molecule has 0 radical (unpaired) electrons. The summed E-state index contributed by atoms with van der Waals surface area (Å²) in [7, 11) is 0. The zero-order valence-corrected chi connectivity index (χ0v) is 24.6. The molecule has 8 N–H and O–H groups in total. The maximum atomic E-state index is 13.7. The Morgan fingerprint density at radius 2 is 1.82 bits per heavy atom. The summed E-state index contributed by atoms with van der Waals surface area (Å²) < 4.78 is 5.93. The summed E-state index contributed by atoms with van der Waals surface area (Å²) in [5, 5.41) is 62.3. The lowest BCUT2D eigenvalue weighted by molar-refractivity contribution is -0.218. The normalized spacial score (nSPS) is 29.7. The number of fused-ring (bicyclic) bond motifs is 1. The first-order valence-corrected chi connectivity index (χ1v) is 14.4. The molecule has 3 fully saturated rings. The molecule has 5 atom stereocenters. The lowest BCUT2D eigenvalue weighted by Gasteiger charge is -2.54. The minimum absolute atomic E-state index is 0.0664. The Morgan fingerprint density at radius 3 is 2.57 bits per heavy atom. The van der Waals surface area contributed by atoms with E-state index in [4.69, 9.17) is 15.6 Å². The second-order valence-electron chi connectivity index (χ2n) is 12.4. The second kappa shape index (κ2) is 10.1. The van der Waals surface area contributed by atoms with Crippen molar-refractivity contribution < 1.29 is 24.6 Å². The van der Waals surface area contributed by atoms with Crippen molar-refractivity contribution in [2.24, 2.45) is 0 Å². The van der Waals surface area contributed by atoms with Gasteiger partial charge in [-0.25, -0.2) is 0 Å². The van der Waals surface area contributed by atoms with Gasteiger partial charge in [-0.3, -0.25) is 25.6 Å². The number of rotatable bonds is 5. The molecule has 2 amide bonds. The summed E-state index contributed by atoms with van der Waals surface area (Å²) in [6, 6.07) is 11.0. The van der Waals surface area contributed by atoms with Gasteiger partial charge in [0.2, 0.25) is 5.96 Å². The maximum Gasteiger partial charge on any atom is 0.255 e. The van der Waals surface area contributed by atoms with Crippen LogP contribution in [0, 0.1) is 22.1 Å². The number of aliphatic hydroxyl groups is 1. The third-order valence-electron chi connectivity index (χ3n) is 9.50. The van der Waals surface area contributed by atoms with E-state index in [1.54, 1.807) is 24.3 Å². The molecule has 44 heavy (non-hydrogen) atoms. The Morgan fingerprint density at radius 1 is 1.09 bits per heavy atom. The molecule has 3 saturated heterocycles. The van der Waals surface area contributed by atoms with E-state index in [0.717, 1.165) is 12.0 Å². The molecular weight excluding hydrogens is 566 g/mol. The summed E-state index contributed by atoms with van der Waals surface area (Å²) in [4.78, 5) is 28.1. The number of guanidine groups is 2. The van der Waals surface area contributed by atoms with Gasteiger partial charge in [0.05, 0.1) is 47.5 Å². The van der Waals surface area contributed by atoms with Gasteiger partial charge in [-0.05, 0) is 37.0 Å². The van der Waals surface area contributed by atoms with E-state index in [9.17, 15) is 25.2 Å². The van der Waals surface area contributed by atoms with Crippen molar-refractivity contribution in [3.8, 4) is 11.8 Å². The Hall–Kier alpha value is -4.87. The smallest absolute Gasteiger partial charge is 0.255 e. The number of para-hydroxylation sites is 1. The van der Waals surface area contributed by atoms with Crippen molar-refractivity contribution in [1.29, 1.82) is 16.1 Å². The molecule has 0 aliphatic carbocycles. The highest BCUT2D eigenvalue weighted by atomic mass is 16.5. The summed E-state index contributed by atoms with van der Waals surface area (Å²) in [6.45, 7) is 5.94. The fourth-order valence-corrected chi connectivity index (χ4v) is 7.05. The topological polar surface area (TPSA) is 210 Å². The van der Waals surface area contributed by atoms with Crippen LogP contribution in [0.1, 0.15) is 59.0 Å². The van der Waals surface area contributed by atoms with Crippen LogP contribution in [0.4, 0.5) is 0 Å². The molecule has 1 spiro atoms. The van der Waals surface area contributed by atoms with Crippen molar-refractivity contribution in [3.63, 3.8) is 0 Å². The highest BCUT2D eigenvalue weighted by molar-refractivity contribution is 5.98. The second-order valence-corrected chi connectivity index (χ2v) is 12.4. The zero-order chi connectivity index (χ0) is 31.6. The van der Waals surface area contributed by atoms with Crippen LogP contribution < -0.4 is 26.0 Å². The van der Waals surface area contributed by atoms with Gasteiger partial charge >= 0.3 is 0 Å². The number of carbonyl (C=O) groups excluding carboxylic acids is 2. The summed E-state index contributed by atoms with van der Waals surface area (Å²) >= 11 is 0. The van der Waals surface area contributed by atoms with Crippen LogP contribution in [0.5, 0.6) is 5.75 Å². The minimum Gasteiger partial charge on any atom is -0.492 e. The van der Waals surface area contributed by atoms with E-state index in [1.165, 1.54) is 24.0 Å². The van der Waals surface area contributed by atoms with Crippen LogP contribution in [0.2, 0.25) is 0 Å². The van der Waals surface area contributed by atoms with Crippen molar-refractivity contribution in [2.45, 2.75) is 62.0 Å². The molecule has 2 aromatic carbocycles. The molecule has 3 unspecified atom stereocenters. The first kappa shape index (κ1) is 29.2. The molecule has 0 saturated carbocycles. The van der Waals surface area contributed by atoms with Crippen LogP contribution in [0.3, 0.4) is 0 Å². The predicted octanol–water partition coefficient (Wildman–Crippen LogP) is 0.414. The standard InChI is InChI=1S/C30H35N9O5/c1-28(2)11-12-44-22-18(9-6-10-19(22)28)25(41)36-21-15-38-26(32)35-20(14-34-24(40)17-8-5-4-7-16(17)13-31)23-30(38,29(21,3)42)39(43)27(33)37-23/h4-10,20-21,23,42-43H,11-12,14-15H2,1-3H3,(H2,32,35)(H2,33,37)(H,34,40)(H,36,41)/t20-,21?,23?,29-,30?/m0/s1. The van der Waals surface area contributed by atoms with Crippen LogP contribution in [0.25, 0.3) is 0 Å². The molecular formula is C30H35N9O5. The third kappa shape index (κ3) is 4.07. The van der Waals surface area contributed by atoms with E-state index < -0.39 is 47.2 Å². The van der Waals surface area contributed by atoms with Crippen molar-refractivity contribution >= 4 is 23.7 Å². The number of hydroxylamine groups is 2. The van der Waals surface area contributed by atoms with E-state index in [-0.39, 0.29) is 35.6 Å². The molecule has 0 aromatic heterocycles. The number of carbonyl (C=O) groups is 2. The minimum atomic E-state index is -1.92. The SMILES string of the molecule is CC1(C)CCOc2c(C(=O)NC3CN4C(=N)N[C@@H](CNC(=O)c5ccccc5C#N)C5NC(=N)N(O)C54[C@@]3(C)O)cccc21. The number of nitriles is 1. The third-order valence-corrected chi connectivity index (χ3v) is 9.50. The van der Waals surface area contributed by atoms with Gasteiger partial charge in [0, 0.05) is 18.7 Å². The number of nitrogens with one attached hydrogen (secondary N) is 6. The van der Waals surface area contributed by atoms with Crippen molar-refractivity contribution in [2.75, 3.05) is 19.7 Å². The number of amides is 2. The lowest BCUT2D eigenvalue weighted by Crippen LogP contribution is -2.81. The Bertz CT molecular complexity index is 1620. The Kier molecular flexibility index (Phi) is 6.71. The monoisotopic (exact) mass is 601 g/mol. The highest BCUT2D eigenvalue weighted by Crippen LogP contribution is 2.48. The molecule has 4 aliphatic heterocycles. The van der Waals surface area contributed by atoms with Gasteiger partial charge in [-0.15, -0.1) is 0 Å². The van der Waals surface area contributed by atoms with Crippen LogP contribution in [0.15, 0.2) is 42.5 Å². The van der Waals surface area contributed by atoms with Crippen LogP contribution in [-0.4, -0.2) is 93.1 Å². The molecule has 14 heteroatoms. The number of benzene rings is 2. The zero-order valence-electron chi connectivity index (χ0n) is 24.6. The molecule has 0 bridgehead atoms. The number of ether oxygens (including phenoxy) is 1. The quantitative estimate of drug-likeness (QED) is 0.237. The van der Waals surface area contributed by atoms with E-state index in [1.807, 2.05) is 12.1 Å². The number of hydrogen-bond donors (Lipinski definition) is 8. The molecule has 230 valence electrons. The van der Waals surface area contributed by atoms with Crippen LogP contribution in [-0.2, 0) is 5.41 Å². The van der Waals surface area contributed by atoms with E-state index in [2.05, 4.69) is 35.1 Å². The maximum absolute atomic E-state index is 13.7. The average Bonchev–Trinajstić information content (AvgIpc) is 3.40. The Balaban J connectivity index is 1.29. The van der Waals surface area contributed by atoms with E-state index in [0.29, 0.717) is 23.0 Å². The summed E-state index contributed by atoms with van der Waals surface area (Å²) in [5.74, 6) is -1.09. The summed E-state index contributed by atoms with van der Waals surface area (Å²) in [6.07, 6.45) is 0.800. The van der Waals surface area contributed by atoms with Crippen molar-refractivity contribution in [3.05, 3.63) is 64.7 Å². The molecule has 6 rings (SSSR count). The van der Waals surface area contributed by atoms with Gasteiger partial charge < -0.3 is 36.0 Å². The first-order valence-electron chi connectivity index (χ1n) is 14.4. The lowest BCUT2D eigenvalue weighted by atomic mass is 9.77. The fourth-order valence-electron chi connectivity index (χ4n) is 7.05. The summed E-state index contributed by atoms with van der Waals surface area (Å²) in [5.41, 5.74) is -2.30. The number of hydrogen-bond acceptors (Lipinski definition) is 8. The average molecular weight is 602 g/mol. The van der Waals surface area contributed by atoms with Crippen LogP contribution >= 0.6 is 0 Å². The van der Waals surface area contributed by atoms with Gasteiger partial charge in [0.15, 0.2) is 11.6 Å². The molecule has 4 heterocycles.